The quantitative estimate of drug-likeness (QED) is 0.662. The number of nitrogens with zero attached hydrogens (tertiary/aromatic N) is 3. The van der Waals surface area contributed by atoms with Crippen molar-refractivity contribution in [3.05, 3.63) is 87.8 Å². The molecule has 0 unspecified atom stereocenters. The fourth-order valence-corrected chi connectivity index (χ4v) is 2.90. The van der Waals surface area contributed by atoms with Gasteiger partial charge >= 0.3 is 0 Å². The number of aromatic nitrogens is 2. The normalized spacial score (nSPS) is 10.5. The van der Waals surface area contributed by atoms with Crippen LogP contribution in [0.4, 0.5) is 0 Å². The van der Waals surface area contributed by atoms with E-state index in [0.29, 0.717) is 18.8 Å². The highest BCUT2D eigenvalue weighted by Crippen LogP contribution is 2.18. The summed E-state index contributed by atoms with van der Waals surface area (Å²) in [7, 11) is 1.43. The Balaban J connectivity index is 2.01. The van der Waals surface area contributed by atoms with Crippen LogP contribution in [0.2, 0.25) is 0 Å². The molecule has 1 amide bonds. The minimum absolute atomic E-state index is 0.112. The van der Waals surface area contributed by atoms with Crippen LogP contribution in [0.1, 0.15) is 28.5 Å². The van der Waals surface area contributed by atoms with Gasteiger partial charge in [0.25, 0.3) is 11.5 Å². The van der Waals surface area contributed by atoms with Gasteiger partial charge in [-0.05, 0) is 31.5 Å². The molecule has 0 saturated heterocycles. The first-order chi connectivity index (χ1) is 13.5. The van der Waals surface area contributed by atoms with Crippen LogP contribution in [0.3, 0.4) is 0 Å². The van der Waals surface area contributed by atoms with Crippen LogP contribution in [0.25, 0.3) is 5.69 Å². The molecule has 0 saturated carbocycles. The fraction of sp³-hybridized carbons (Fsp3) is 0.227. The Morgan fingerprint density at radius 3 is 2.39 bits per heavy atom. The van der Waals surface area contributed by atoms with Gasteiger partial charge in [0, 0.05) is 13.1 Å². The summed E-state index contributed by atoms with van der Waals surface area (Å²) < 4.78 is 6.51. The third-order valence-electron chi connectivity index (χ3n) is 4.48. The summed E-state index contributed by atoms with van der Waals surface area (Å²) in [6.07, 6.45) is 0. The number of ether oxygens (including phenoxy) is 1. The van der Waals surface area contributed by atoms with E-state index in [4.69, 9.17) is 4.74 Å². The van der Waals surface area contributed by atoms with Crippen molar-refractivity contribution in [3.63, 3.8) is 0 Å². The third-order valence-corrected chi connectivity index (χ3v) is 4.48. The van der Waals surface area contributed by atoms with Crippen molar-refractivity contribution >= 4 is 5.91 Å². The van der Waals surface area contributed by atoms with Gasteiger partial charge in [-0.2, -0.15) is 9.78 Å². The summed E-state index contributed by atoms with van der Waals surface area (Å²) in [4.78, 5) is 27.3. The fourth-order valence-electron chi connectivity index (χ4n) is 2.90. The molecule has 6 nitrogen and oxygen atoms in total. The number of hydrogen-bond donors (Lipinski definition) is 0. The van der Waals surface area contributed by atoms with E-state index >= 15 is 0 Å². The van der Waals surface area contributed by atoms with Crippen molar-refractivity contribution in [3.8, 4) is 11.4 Å². The van der Waals surface area contributed by atoms with Crippen molar-refractivity contribution < 1.29 is 9.53 Å². The number of rotatable bonds is 6. The predicted molar refractivity (Wildman–Crippen MR) is 108 cm³/mol. The Kier molecular flexibility index (Phi) is 5.89. The molecule has 6 heteroatoms. The van der Waals surface area contributed by atoms with Gasteiger partial charge in [0.1, 0.15) is 0 Å². The van der Waals surface area contributed by atoms with Crippen LogP contribution in [-0.2, 0) is 6.54 Å². The van der Waals surface area contributed by atoms with Crippen molar-refractivity contribution in [2.75, 3.05) is 13.7 Å². The molecule has 0 spiro atoms. The number of benzene rings is 2. The molecule has 0 fully saturated rings. The maximum atomic E-state index is 13.2. The summed E-state index contributed by atoms with van der Waals surface area (Å²) in [5.41, 5.74) is 2.44. The van der Waals surface area contributed by atoms with Gasteiger partial charge in [0.15, 0.2) is 11.4 Å². The molecule has 0 aliphatic heterocycles. The molecule has 0 aliphatic rings. The number of hydrogen-bond acceptors (Lipinski definition) is 4. The SMILES string of the molecule is CCN(Cc1ccccc1)C(=O)c1nn(-c2ccc(C)cc2)c(=O)cc1OC. The average molecular weight is 377 g/mol. The maximum Gasteiger partial charge on any atom is 0.278 e. The molecular weight excluding hydrogens is 354 g/mol. The van der Waals surface area contributed by atoms with Gasteiger partial charge in [0.2, 0.25) is 0 Å². The van der Waals surface area contributed by atoms with Gasteiger partial charge in [-0.3, -0.25) is 9.59 Å². The van der Waals surface area contributed by atoms with Crippen LogP contribution < -0.4 is 10.3 Å². The second-order valence-electron chi connectivity index (χ2n) is 6.45. The molecular formula is C22H23N3O3. The van der Waals surface area contributed by atoms with Gasteiger partial charge in [-0.1, -0.05) is 48.0 Å². The van der Waals surface area contributed by atoms with Crippen molar-refractivity contribution in [1.29, 1.82) is 0 Å². The Bertz CT molecular complexity index is 1010. The van der Waals surface area contributed by atoms with E-state index in [1.807, 2.05) is 56.3 Å². The van der Waals surface area contributed by atoms with E-state index in [-0.39, 0.29) is 22.9 Å². The predicted octanol–water partition coefficient (Wildman–Crippen LogP) is 3.21. The number of carbonyl (C=O) groups excluding carboxylic acids is 1. The zero-order valence-electron chi connectivity index (χ0n) is 16.3. The topological polar surface area (TPSA) is 64.4 Å². The minimum Gasteiger partial charge on any atom is -0.494 e. The molecule has 0 N–H and O–H groups in total. The van der Waals surface area contributed by atoms with Crippen LogP contribution in [-0.4, -0.2) is 34.2 Å². The summed E-state index contributed by atoms with van der Waals surface area (Å²) in [5.74, 6) is -0.117. The largest absolute Gasteiger partial charge is 0.494 e. The van der Waals surface area contributed by atoms with E-state index in [0.717, 1.165) is 11.1 Å². The third kappa shape index (κ3) is 4.11. The first-order valence-corrected chi connectivity index (χ1v) is 9.12. The van der Waals surface area contributed by atoms with Crippen LogP contribution in [0, 0.1) is 6.92 Å². The Hall–Kier alpha value is -3.41. The molecule has 0 radical (unpaired) electrons. The number of carbonyl (C=O) groups is 1. The van der Waals surface area contributed by atoms with E-state index in [1.165, 1.54) is 17.9 Å². The lowest BCUT2D eigenvalue weighted by atomic mass is 10.2. The summed E-state index contributed by atoms with van der Waals surface area (Å²) in [6.45, 7) is 4.82. The highest BCUT2D eigenvalue weighted by Gasteiger charge is 2.23. The number of amides is 1. The molecule has 1 heterocycles. The number of aryl methyl sites for hydroxylation is 1. The van der Waals surface area contributed by atoms with E-state index < -0.39 is 0 Å². The number of methoxy groups -OCH3 is 1. The average Bonchev–Trinajstić information content (AvgIpc) is 2.72. The lowest BCUT2D eigenvalue weighted by Crippen LogP contribution is -2.33. The smallest absolute Gasteiger partial charge is 0.278 e. The highest BCUT2D eigenvalue weighted by molar-refractivity contribution is 5.94. The zero-order chi connectivity index (χ0) is 20.1. The van der Waals surface area contributed by atoms with Crippen molar-refractivity contribution in [1.82, 2.24) is 14.7 Å². The summed E-state index contributed by atoms with van der Waals surface area (Å²) >= 11 is 0. The molecule has 0 atom stereocenters. The van der Waals surface area contributed by atoms with Gasteiger partial charge in [-0.25, -0.2) is 0 Å². The molecule has 1 aromatic heterocycles. The molecule has 0 aliphatic carbocycles. The minimum atomic E-state index is -0.358. The monoisotopic (exact) mass is 377 g/mol. The lowest BCUT2D eigenvalue weighted by Gasteiger charge is -2.22. The van der Waals surface area contributed by atoms with Crippen LogP contribution in [0.15, 0.2) is 65.5 Å². The Morgan fingerprint density at radius 1 is 1.11 bits per heavy atom. The lowest BCUT2D eigenvalue weighted by molar-refractivity contribution is 0.0740. The van der Waals surface area contributed by atoms with Gasteiger partial charge in [0.05, 0.1) is 18.9 Å². The Labute approximate surface area is 164 Å². The molecule has 3 aromatic rings. The molecule has 3 rings (SSSR count). The van der Waals surface area contributed by atoms with E-state index in [2.05, 4.69) is 5.10 Å². The molecule has 2 aromatic carbocycles. The van der Waals surface area contributed by atoms with Crippen molar-refractivity contribution in [2.24, 2.45) is 0 Å². The zero-order valence-corrected chi connectivity index (χ0v) is 16.3. The molecule has 0 bridgehead atoms. The summed E-state index contributed by atoms with van der Waals surface area (Å²) in [5, 5.41) is 4.34. The molecule has 144 valence electrons. The van der Waals surface area contributed by atoms with E-state index in [1.54, 1.807) is 17.0 Å². The standard InChI is InChI=1S/C22H23N3O3/c1-4-24(15-17-8-6-5-7-9-17)22(27)21-19(28-3)14-20(26)25(23-21)18-12-10-16(2)11-13-18/h5-14H,4,15H2,1-3H3. The summed E-state index contributed by atoms with van der Waals surface area (Å²) in [6, 6.07) is 18.4. The highest BCUT2D eigenvalue weighted by atomic mass is 16.5. The first kappa shape index (κ1) is 19.4. The van der Waals surface area contributed by atoms with E-state index in [9.17, 15) is 9.59 Å². The molecule has 28 heavy (non-hydrogen) atoms. The first-order valence-electron chi connectivity index (χ1n) is 9.12. The second-order valence-corrected chi connectivity index (χ2v) is 6.45. The van der Waals surface area contributed by atoms with Gasteiger partial charge in [-0.15, -0.1) is 0 Å². The van der Waals surface area contributed by atoms with Crippen molar-refractivity contribution in [2.45, 2.75) is 20.4 Å². The van der Waals surface area contributed by atoms with Gasteiger partial charge < -0.3 is 9.64 Å². The maximum absolute atomic E-state index is 13.2. The second kappa shape index (κ2) is 8.52. The Morgan fingerprint density at radius 2 is 1.79 bits per heavy atom. The van der Waals surface area contributed by atoms with Crippen LogP contribution >= 0.6 is 0 Å². The van der Waals surface area contributed by atoms with Crippen LogP contribution in [0.5, 0.6) is 5.75 Å².